The first-order chi connectivity index (χ1) is 7.65. The Labute approximate surface area is 101 Å². The van der Waals surface area contributed by atoms with Gasteiger partial charge in [0.25, 0.3) is 0 Å². The monoisotopic (exact) mass is 240 g/mol. The highest BCUT2D eigenvalue weighted by Crippen LogP contribution is 2.25. The Morgan fingerprint density at radius 1 is 1.56 bits per heavy atom. The topological polar surface area (TPSA) is 45.4 Å². The van der Waals surface area contributed by atoms with Crippen molar-refractivity contribution in [2.75, 3.05) is 44.4 Å². The lowest BCUT2D eigenvalue weighted by molar-refractivity contribution is 0.222. The van der Waals surface area contributed by atoms with E-state index in [0.29, 0.717) is 0 Å². The minimum absolute atomic E-state index is 0.797. The van der Waals surface area contributed by atoms with E-state index in [9.17, 15) is 0 Å². The molecular weight excluding hydrogens is 220 g/mol. The van der Waals surface area contributed by atoms with Crippen molar-refractivity contribution in [1.82, 2.24) is 9.88 Å². The summed E-state index contributed by atoms with van der Waals surface area (Å²) in [5.74, 6) is 0.798. The molecule has 0 amide bonds. The van der Waals surface area contributed by atoms with Crippen LogP contribution in [0.25, 0.3) is 0 Å². The third-order valence-corrected chi connectivity index (χ3v) is 4.15. The van der Waals surface area contributed by atoms with E-state index >= 15 is 0 Å². The Morgan fingerprint density at radius 3 is 2.81 bits per heavy atom. The second kappa shape index (κ2) is 5.01. The van der Waals surface area contributed by atoms with Gasteiger partial charge in [0.05, 0.1) is 6.20 Å². The predicted molar refractivity (Wildman–Crippen MR) is 70.0 cm³/mol. The Bertz CT molecular complexity index is 330. The van der Waals surface area contributed by atoms with Crippen LogP contribution in [0.15, 0.2) is 6.20 Å². The molecular formula is C11H20N4S. The van der Waals surface area contributed by atoms with Crippen LogP contribution in [-0.4, -0.2) is 43.6 Å². The van der Waals surface area contributed by atoms with E-state index in [1.165, 1.54) is 25.9 Å². The Balaban J connectivity index is 1.85. The molecule has 1 fully saturated rings. The summed E-state index contributed by atoms with van der Waals surface area (Å²) in [4.78, 5) is 8.94. The van der Waals surface area contributed by atoms with Crippen LogP contribution in [0.4, 0.5) is 10.1 Å². The van der Waals surface area contributed by atoms with E-state index < -0.39 is 0 Å². The molecule has 2 heterocycles. The summed E-state index contributed by atoms with van der Waals surface area (Å²) in [6.07, 6.45) is 4.33. The summed E-state index contributed by atoms with van der Waals surface area (Å²) in [6, 6.07) is 0. The van der Waals surface area contributed by atoms with Crippen molar-refractivity contribution in [2.24, 2.45) is 5.92 Å². The molecule has 5 heteroatoms. The van der Waals surface area contributed by atoms with Gasteiger partial charge >= 0.3 is 0 Å². The maximum absolute atomic E-state index is 5.69. The summed E-state index contributed by atoms with van der Waals surface area (Å²) in [7, 11) is 4.30. The lowest BCUT2D eigenvalue weighted by atomic mass is 9.97. The van der Waals surface area contributed by atoms with Crippen molar-refractivity contribution in [2.45, 2.75) is 12.8 Å². The van der Waals surface area contributed by atoms with Crippen LogP contribution < -0.4 is 10.6 Å². The SMILES string of the molecule is CN1CCC(CN(C)c2ncc(N)s2)CC1. The highest BCUT2D eigenvalue weighted by Gasteiger charge is 2.19. The number of hydrogen-bond acceptors (Lipinski definition) is 5. The highest BCUT2D eigenvalue weighted by molar-refractivity contribution is 7.19. The van der Waals surface area contributed by atoms with Crippen LogP contribution in [0.5, 0.6) is 0 Å². The highest BCUT2D eigenvalue weighted by atomic mass is 32.1. The zero-order valence-electron chi connectivity index (χ0n) is 10.0. The van der Waals surface area contributed by atoms with Gasteiger partial charge in [-0.25, -0.2) is 4.98 Å². The van der Waals surface area contributed by atoms with Gasteiger partial charge in [-0.2, -0.15) is 0 Å². The summed E-state index contributed by atoms with van der Waals surface area (Å²) >= 11 is 1.57. The molecule has 0 aromatic carbocycles. The van der Waals surface area contributed by atoms with Crippen LogP contribution in [-0.2, 0) is 0 Å². The molecule has 1 aromatic heterocycles. The summed E-state index contributed by atoms with van der Waals surface area (Å²) < 4.78 is 0. The van der Waals surface area contributed by atoms with Crippen molar-refractivity contribution in [3.63, 3.8) is 0 Å². The van der Waals surface area contributed by atoms with Crippen molar-refractivity contribution >= 4 is 21.5 Å². The molecule has 90 valence electrons. The fourth-order valence-corrected chi connectivity index (χ4v) is 2.82. The first-order valence-electron chi connectivity index (χ1n) is 5.76. The van der Waals surface area contributed by atoms with Crippen molar-refractivity contribution in [3.8, 4) is 0 Å². The molecule has 0 atom stereocenters. The van der Waals surface area contributed by atoms with E-state index in [0.717, 1.165) is 22.6 Å². The second-order valence-electron chi connectivity index (χ2n) is 4.67. The fourth-order valence-electron chi connectivity index (χ4n) is 2.16. The molecule has 2 rings (SSSR count). The molecule has 0 radical (unpaired) electrons. The smallest absolute Gasteiger partial charge is 0.186 e. The number of aromatic nitrogens is 1. The zero-order chi connectivity index (χ0) is 11.5. The molecule has 1 aliphatic heterocycles. The van der Waals surface area contributed by atoms with Gasteiger partial charge in [0.1, 0.15) is 5.00 Å². The number of likely N-dealkylation sites (tertiary alicyclic amines) is 1. The minimum atomic E-state index is 0.797. The van der Waals surface area contributed by atoms with Gasteiger partial charge in [0.2, 0.25) is 0 Å². The third-order valence-electron chi connectivity index (χ3n) is 3.21. The lowest BCUT2D eigenvalue weighted by Gasteiger charge is -2.31. The summed E-state index contributed by atoms with van der Waals surface area (Å²) in [5.41, 5.74) is 5.69. The molecule has 16 heavy (non-hydrogen) atoms. The van der Waals surface area contributed by atoms with E-state index in [-0.39, 0.29) is 0 Å². The van der Waals surface area contributed by atoms with Crippen molar-refractivity contribution in [3.05, 3.63) is 6.20 Å². The van der Waals surface area contributed by atoms with E-state index in [1.54, 1.807) is 17.5 Å². The van der Waals surface area contributed by atoms with Crippen LogP contribution in [0.3, 0.4) is 0 Å². The lowest BCUT2D eigenvalue weighted by Crippen LogP contribution is -2.35. The first kappa shape index (κ1) is 11.7. The summed E-state index contributed by atoms with van der Waals surface area (Å²) in [6.45, 7) is 3.54. The average Bonchev–Trinajstić information content (AvgIpc) is 2.68. The number of piperidine rings is 1. The largest absolute Gasteiger partial charge is 0.389 e. The quantitative estimate of drug-likeness (QED) is 0.870. The third kappa shape index (κ3) is 2.86. The van der Waals surface area contributed by atoms with Gasteiger partial charge in [0.15, 0.2) is 5.13 Å². The number of rotatable bonds is 3. The average molecular weight is 240 g/mol. The predicted octanol–water partition coefficient (Wildman–Crippen LogP) is 1.50. The van der Waals surface area contributed by atoms with E-state index in [4.69, 9.17) is 5.73 Å². The molecule has 0 bridgehead atoms. The molecule has 0 saturated carbocycles. The number of anilines is 2. The number of hydrogen-bond donors (Lipinski definition) is 1. The van der Waals surface area contributed by atoms with Crippen LogP contribution in [0.2, 0.25) is 0 Å². The standard InChI is InChI=1S/C11H20N4S/c1-14-5-3-9(4-6-14)8-15(2)11-13-7-10(12)16-11/h7,9H,3-6,8,12H2,1-2H3. The van der Waals surface area contributed by atoms with Crippen molar-refractivity contribution < 1.29 is 0 Å². The summed E-state index contributed by atoms with van der Waals surface area (Å²) in [5, 5.41) is 1.83. The minimum Gasteiger partial charge on any atom is -0.389 e. The van der Waals surface area contributed by atoms with E-state index in [2.05, 4.69) is 28.9 Å². The Hall–Kier alpha value is -0.810. The van der Waals surface area contributed by atoms with Crippen molar-refractivity contribution in [1.29, 1.82) is 0 Å². The zero-order valence-corrected chi connectivity index (χ0v) is 10.8. The Kier molecular flexibility index (Phi) is 3.66. The molecule has 0 unspecified atom stereocenters. The molecule has 0 aliphatic carbocycles. The number of nitrogens with two attached hydrogens (primary N) is 1. The molecule has 1 aromatic rings. The Morgan fingerprint density at radius 2 is 2.25 bits per heavy atom. The molecule has 2 N–H and O–H groups in total. The fraction of sp³-hybridized carbons (Fsp3) is 0.727. The van der Waals surface area contributed by atoms with Gasteiger partial charge in [-0.3, -0.25) is 0 Å². The second-order valence-corrected chi connectivity index (χ2v) is 5.71. The van der Waals surface area contributed by atoms with Crippen LogP contribution >= 0.6 is 11.3 Å². The van der Waals surface area contributed by atoms with Crippen LogP contribution in [0, 0.1) is 5.92 Å². The number of thiazole rings is 1. The van der Waals surface area contributed by atoms with E-state index in [1.807, 2.05) is 0 Å². The van der Waals surface area contributed by atoms with Gasteiger partial charge in [-0.1, -0.05) is 11.3 Å². The normalized spacial score (nSPS) is 18.9. The number of nitrogen functional groups attached to an aromatic ring is 1. The maximum Gasteiger partial charge on any atom is 0.186 e. The van der Waals surface area contributed by atoms with Gasteiger partial charge in [0, 0.05) is 13.6 Å². The first-order valence-corrected chi connectivity index (χ1v) is 6.58. The van der Waals surface area contributed by atoms with Gasteiger partial charge in [-0.15, -0.1) is 0 Å². The maximum atomic E-state index is 5.69. The van der Waals surface area contributed by atoms with Gasteiger partial charge < -0.3 is 15.5 Å². The molecule has 1 aliphatic rings. The molecule has 0 spiro atoms. The van der Waals surface area contributed by atoms with Gasteiger partial charge in [-0.05, 0) is 38.9 Å². The van der Waals surface area contributed by atoms with Crippen LogP contribution in [0.1, 0.15) is 12.8 Å². The molecule has 1 saturated heterocycles. The number of nitrogens with zero attached hydrogens (tertiary/aromatic N) is 3. The molecule has 4 nitrogen and oxygen atoms in total.